The van der Waals surface area contributed by atoms with Gasteiger partial charge in [-0.15, -0.1) is 34.4 Å². The molecule has 16 nitrogen and oxygen atoms in total. The van der Waals surface area contributed by atoms with Crippen LogP contribution in [-0.4, -0.2) is 119 Å². The zero-order chi connectivity index (χ0) is 54.9. The SMILES string of the molecule is Cc1ncsc1-c1ccc(CNC(=O)[C@@H]2C[C@@H](Sc3ccc4c(c3)CN([C@H](C(=O)N3C[C@H](O)C[C@H]3/C(=N\C#N)NCc3ccc(-c5scnc5C)cc3)C(C)C)C4=O)CN2C(=O)[C@H](C(C)C)N2Cc3ccccc3C2=O)cc1. The van der Waals surface area contributed by atoms with E-state index in [-0.39, 0.29) is 85.1 Å². The first-order valence-electron chi connectivity index (χ1n) is 26.3. The first-order valence-corrected chi connectivity index (χ1v) is 29.0. The normalized spacial score (nSPS) is 19.9. The molecule has 0 unspecified atom stereocenters. The van der Waals surface area contributed by atoms with Gasteiger partial charge in [-0.2, -0.15) is 10.3 Å². The van der Waals surface area contributed by atoms with Gasteiger partial charge in [0.2, 0.25) is 23.9 Å². The fraction of sp³-hybridized carbons (Fsp3) is 0.373. The van der Waals surface area contributed by atoms with Crippen molar-refractivity contribution in [1.82, 2.24) is 40.2 Å². The second-order valence-corrected chi connectivity index (χ2v) is 24.3. The molecule has 5 amide bonds. The predicted molar refractivity (Wildman–Crippen MR) is 302 cm³/mol. The van der Waals surface area contributed by atoms with Gasteiger partial charge in [0.15, 0.2) is 0 Å². The third kappa shape index (κ3) is 11.0. The number of carbonyl (C=O) groups is 5. The van der Waals surface area contributed by atoms with Crippen molar-refractivity contribution in [3.05, 3.63) is 147 Å². The molecule has 4 aromatic carbocycles. The average Bonchev–Trinajstić information content (AvgIpc) is 4.44. The van der Waals surface area contributed by atoms with Crippen molar-refractivity contribution in [2.45, 2.75) is 121 Å². The van der Waals surface area contributed by atoms with Crippen LogP contribution >= 0.6 is 34.4 Å². The lowest BCUT2D eigenvalue weighted by Crippen LogP contribution is -2.55. The van der Waals surface area contributed by atoms with Gasteiger partial charge < -0.3 is 35.3 Å². The number of nitrogens with zero attached hydrogens (tertiary/aromatic N) is 8. The Balaban J connectivity index is 0.840. The van der Waals surface area contributed by atoms with E-state index in [1.165, 1.54) is 11.8 Å². The second-order valence-electron chi connectivity index (χ2n) is 21.2. The van der Waals surface area contributed by atoms with Crippen molar-refractivity contribution in [3.8, 4) is 27.1 Å². The Morgan fingerprint density at radius 2 is 1.26 bits per heavy atom. The Bertz CT molecular complexity index is 3330. The van der Waals surface area contributed by atoms with E-state index in [9.17, 15) is 29.5 Å². The highest BCUT2D eigenvalue weighted by molar-refractivity contribution is 8.00. The first kappa shape index (κ1) is 54.1. The van der Waals surface area contributed by atoms with Crippen LogP contribution < -0.4 is 10.6 Å². The van der Waals surface area contributed by atoms with E-state index < -0.39 is 30.3 Å². The highest BCUT2D eigenvalue weighted by Gasteiger charge is 2.48. The molecule has 0 radical (unpaired) electrons. The summed E-state index contributed by atoms with van der Waals surface area (Å²) < 4.78 is 0. The van der Waals surface area contributed by atoms with Gasteiger partial charge in [-0.05, 0) is 89.8 Å². The largest absolute Gasteiger partial charge is 0.391 e. The molecule has 0 spiro atoms. The van der Waals surface area contributed by atoms with Crippen LogP contribution in [0.25, 0.3) is 20.9 Å². The molecular formula is C59H62N10O6S3. The number of amides is 5. The molecular weight excluding hydrogens is 1040 g/mol. The topological polar surface area (TPSA) is 205 Å². The number of thiazole rings is 2. The summed E-state index contributed by atoms with van der Waals surface area (Å²) in [6, 6.07) is 25.8. The van der Waals surface area contributed by atoms with Gasteiger partial charge in [-0.1, -0.05) is 94.4 Å². The lowest BCUT2D eigenvalue weighted by atomic mass is 10.00. The highest BCUT2D eigenvalue weighted by atomic mass is 32.2. The number of amidine groups is 1. The number of nitrogens with one attached hydrogen (secondary N) is 2. The lowest BCUT2D eigenvalue weighted by molar-refractivity contribution is -0.143. The maximum atomic E-state index is 15.0. The molecule has 2 fully saturated rings. The molecule has 78 heavy (non-hydrogen) atoms. The number of aromatic nitrogens is 2. The number of rotatable bonds is 16. The van der Waals surface area contributed by atoms with Crippen molar-refractivity contribution in [1.29, 1.82) is 5.26 Å². The summed E-state index contributed by atoms with van der Waals surface area (Å²) >= 11 is 4.69. The molecule has 4 aliphatic rings. The fourth-order valence-corrected chi connectivity index (χ4v) is 14.3. The Morgan fingerprint density at radius 1 is 0.718 bits per heavy atom. The predicted octanol–water partition coefficient (Wildman–Crippen LogP) is 8.22. The van der Waals surface area contributed by atoms with Crippen LogP contribution in [-0.2, 0) is 40.6 Å². The maximum absolute atomic E-state index is 15.0. The number of aliphatic hydroxyl groups excluding tert-OH is 1. The number of β-amino-alcohol motifs (C(OH)–C–C–N with tert-alkyl or cyclic N) is 1. The van der Waals surface area contributed by atoms with Crippen LogP contribution in [0.3, 0.4) is 0 Å². The molecule has 3 N–H and O–H groups in total. The Hall–Kier alpha value is -7.24. The number of benzene rings is 4. The molecule has 6 atom stereocenters. The molecule has 2 aromatic heterocycles. The number of likely N-dealkylation sites (tertiary alicyclic amines) is 2. The van der Waals surface area contributed by atoms with E-state index in [0.717, 1.165) is 59.4 Å². The van der Waals surface area contributed by atoms with E-state index >= 15 is 4.79 Å². The van der Waals surface area contributed by atoms with E-state index in [1.54, 1.807) is 54.4 Å². The Labute approximate surface area is 466 Å². The van der Waals surface area contributed by atoms with E-state index in [4.69, 9.17) is 0 Å². The summed E-state index contributed by atoms with van der Waals surface area (Å²) in [5, 5.41) is 27.0. The maximum Gasteiger partial charge on any atom is 0.255 e. The molecule has 0 saturated carbocycles. The minimum absolute atomic E-state index is 0.0122. The molecule has 0 bridgehead atoms. The van der Waals surface area contributed by atoms with Gasteiger partial charge in [-0.3, -0.25) is 24.0 Å². The van der Waals surface area contributed by atoms with Crippen LogP contribution in [0, 0.1) is 37.1 Å². The van der Waals surface area contributed by atoms with Gasteiger partial charge >= 0.3 is 0 Å². The minimum Gasteiger partial charge on any atom is -0.391 e. The monoisotopic (exact) mass is 1100 g/mol. The third-order valence-electron chi connectivity index (χ3n) is 15.3. The summed E-state index contributed by atoms with van der Waals surface area (Å²) in [6.07, 6.45) is 1.53. The summed E-state index contributed by atoms with van der Waals surface area (Å²) in [4.78, 5) is 94.9. The number of aliphatic hydroxyl groups is 1. The molecule has 6 aromatic rings. The first-order chi connectivity index (χ1) is 37.6. The Kier molecular flexibility index (Phi) is 16.0. The number of hydrogen-bond acceptors (Lipinski definition) is 13. The molecule has 6 heterocycles. The molecule has 0 aliphatic carbocycles. The standard InChI is InChI=1S/C59H62N10O6S3/c1-33(2)50(58(74)66-28-43(70)22-48(66)54(63-30-60)61-24-37-11-15-39(16-12-37)52-35(5)64-31-76-52)69-27-42-21-44(19-20-47(42)57(69)73)78-45-23-49(55(71)62-25-38-13-17-40(18-14-38)53-36(6)65-32-77-53)67(29-45)59(75)51(34(3)4)68-26-41-9-7-8-10-46(41)56(68)72/h7-21,31-34,43,45,48-51,70H,22-29H2,1-6H3,(H,61,63)(H,62,71)/t43-,45-,48+,49+,50+,51+/m1/s1. The zero-order valence-electron chi connectivity index (χ0n) is 44.4. The quantitative estimate of drug-likeness (QED) is 0.0479. The van der Waals surface area contributed by atoms with Crippen LogP contribution in [0.5, 0.6) is 0 Å². The van der Waals surface area contributed by atoms with Crippen molar-refractivity contribution >= 4 is 69.8 Å². The molecule has 10 rings (SSSR count). The molecule has 402 valence electrons. The number of fused-ring (bicyclic) bond motifs is 2. The fourth-order valence-electron chi connectivity index (χ4n) is 11.4. The van der Waals surface area contributed by atoms with Crippen molar-refractivity contribution in [3.63, 3.8) is 0 Å². The van der Waals surface area contributed by atoms with Crippen molar-refractivity contribution in [2.75, 3.05) is 13.1 Å². The van der Waals surface area contributed by atoms with Crippen LogP contribution in [0.4, 0.5) is 0 Å². The summed E-state index contributed by atoms with van der Waals surface area (Å²) in [5.41, 5.74) is 12.2. The molecule has 4 aliphatic heterocycles. The van der Waals surface area contributed by atoms with E-state index in [1.807, 2.05) is 138 Å². The van der Waals surface area contributed by atoms with Gasteiger partial charge in [0.25, 0.3) is 11.8 Å². The number of carbonyl (C=O) groups excluding carboxylic acids is 5. The molecule has 2 saturated heterocycles. The van der Waals surface area contributed by atoms with Gasteiger partial charge in [0.05, 0.1) is 44.3 Å². The summed E-state index contributed by atoms with van der Waals surface area (Å²) in [5.74, 6) is -1.69. The number of aliphatic imine (C=N–C) groups is 1. The lowest BCUT2D eigenvalue weighted by Gasteiger charge is -2.35. The van der Waals surface area contributed by atoms with Gasteiger partial charge in [-0.25, -0.2) is 9.97 Å². The number of thioether (sulfide) groups is 1. The summed E-state index contributed by atoms with van der Waals surface area (Å²) in [7, 11) is 0. The third-order valence-corrected chi connectivity index (χ3v) is 18.4. The second kappa shape index (κ2) is 23.0. The van der Waals surface area contributed by atoms with Crippen LogP contribution in [0.1, 0.15) is 94.9 Å². The number of aryl methyl sites for hydroxylation is 2. The molecule has 19 heteroatoms. The van der Waals surface area contributed by atoms with Gasteiger partial charge in [0, 0.05) is 67.0 Å². The van der Waals surface area contributed by atoms with Crippen molar-refractivity contribution < 1.29 is 29.1 Å². The van der Waals surface area contributed by atoms with Crippen LogP contribution in [0.15, 0.2) is 112 Å². The van der Waals surface area contributed by atoms with Crippen LogP contribution in [0.2, 0.25) is 0 Å². The smallest absolute Gasteiger partial charge is 0.255 e. The average molecular weight is 1100 g/mol. The van der Waals surface area contributed by atoms with E-state index in [2.05, 4.69) is 25.6 Å². The van der Waals surface area contributed by atoms with E-state index in [0.29, 0.717) is 30.6 Å². The summed E-state index contributed by atoms with van der Waals surface area (Å²) in [6.45, 7) is 12.9. The minimum atomic E-state index is -0.891. The van der Waals surface area contributed by atoms with Crippen molar-refractivity contribution in [2.24, 2.45) is 16.8 Å². The Morgan fingerprint density at radius 3 is 1.79 bits per heavy atom. The zero-order valence-corrected chi connectivity index (χ0v) is 46.8. The number of hydrogen-bond donors (Lipinski definition) is 3. The highest BCUT2D eigenvalue weighted by Crippen LogP contribution is 2.39. The van der Waals surface area contributed by atoms with Gasteiger partial charge in [0.1, 0.15) is 24.0 Å². The number of nitriles is 1.